The second-order valence-corrected chi connectivity index (χ2v) is 3.00. The van der Waals surface area contributed by atoms with Crippen molar-refractivity contribution in [1.82, 2.24) is 5.32 Å². The first-order valence-electron chi connectivity index (χ1n) is 3.96. The molecule has 3 N–H and O–H groups in total. The van der Waals surface area contributed by atoms with Gasteiger partial charge in [-0.1, -0.05) is 6.07 Å². The van der Waals surface area contributed by atoms with Crippen molar-refractivity contribution >= 4 is 5.97 Å². The van der Waals surface area contributed by atoms with Crippen LogP contribution in [-0.2, 0) is 6.54 Å². The van der Waals surface area contributed by atoms with Crippen molar-refractivity contribution in [2.45, 2.75) is 12.8 Å². The predicted molar refractivity (Wildman–Crippen MR) is 45.2 cm³/mol. The standard InChI is InChI=1S/C9H9NO3/c11-8-7-2-1-5(9(12)13)3-6(7)4-10-8/h1-3,8,10-11H,4H2,(H,12,13). The highest BCUT2D eigenvalue weighted by Crippen LogP contribution is 2.23. The third-order valence-corrected chi connectivity index (χ3v) is 2.17. The highest BCUT2D eigenvalue weighted by Gasteiger charge is 2.20. The number of aromatic carboxylic acids is 1. The number of rotatable bonds is 1. The molecule has 1 aromatic rings. The number of carboxylic acids is 1. The fraction of sp³-hybridized carbons (Fsp3) is 0.222. The Kier molecular flexibility index (Phi) is 1.79. The number of nitrogens with one attached hydrogen (secondary N) is 1. The summed E-state index contributed by atoms with van der Waals surface area (Å²) in [4.78, 5) is 10.6. The van der Waals surface area contributed by atoms with Gasteiger partial charge >= 0.3 is 5.97 Å². The van der Waals surface area contributed by atoms with Crippen molar-refractivity contribution in [3.8, 4) is 0 Å². The molecule has 2 rings (SSSR count). The van der Waals surface area contributed by atoms with E-state index in [4.69, 9.17) is 5.11 Å². The summed E-state index contributed by atoms with van der Waals surface area (Å²) < 4.78 is 0. The molecule has 1 aromatic carbocycles. The lowest BCUT2D eigenvalue weighted by molar-refractivity contribution is 0.0696. The Morgan fingerprint density at radius 1 is 1.54 bits per heavy atom. The van der Waals surface area contributed by atoms with Crippen LogP contribution in [0.1, 0.15) is 27.7 Å². The molecule has 0 fully saturated rings. The lowest BCUT2D eigenvalue weighted by atomic mass is 10.1. The van der Waals surface area contributed by atoms with E-state index in [0.717, 1.165) is 11.1 Å². The van der Waals surface area contributed by atoms with Crippen LogP contribution in [-0.4, -0.2) is 16.2 Å². The first-order chi connectivity index (χ1) is 6.18. The number of aliphatic hydroxyl groups is 1. The van der Waals surface area contributed by atoms with Crippen LogP contribution in [0, 0.1) is 0 Å². The van der Waals surface area contributed by atoms with Crippen molar-refractivity contribution in [3.63, 3.8) is 0 Å². The van der Waals surface area contributed by atoms with Gasteiger partial charge in [-0.3, -0.25) is 5.32 Å². The van der Waals surface area contributed by atoms with Gasteiger partial charge in [0.2, 0.25) is 0 Å². The quantitative estimate of drug-likeness (QED) is 0.586. The smallest absolute Gasteiger partial charge is 0.335 e. The number of hydrogen-bond acceptors (Lipinski definition) is 3. The van der Waals surface area contributed by atoms with Crippen molar-refractivity contribution in [3.05, 3.63) is 34.9 Å². The molecule has 0 aliphatic carbocycles. The molecule has 68 valence electrons. The minimum Gasteiger partial charge on any atom is -0.478 e. The molecule has 4 nitrogen and oxygen atoms in total. The van der Waals surface area contributed by atoms with Gasteiger partial charge in [-0.15, -0.1) is 0 Å². The summed E-state index contributed by atoms with van der Waals surface area (Å²) >= 11 is 0. The summed E-state index contributed by atoms with van der Waals surface area (Å²) in [6.45, 7) is 0.525. The van der Waals surface area contributed by atoms with E-state index < -0.39 is 12.2 Å². The van der Waals surface area contributed by atoms with E-state index in [0.29, 0.717) is 6.54 Å². The molecule has 1 atom stereocenters. The maximum atomic E-state index is 10.6. The van der Waals surface area contributed by atoms with Crippen LogP contribution in [0.2, 0.25) is 0 Å². The van der Waals surface area contributed by atoms with Gasteiger partial charge in [0, 0.05) is 6.54 Å². The molecule has 0 radical (unpaired) electrons. The fourth-order valence-corrected chi connectivity index (χ4v) is 1.48. The molecule has 0 saturated carbocycles. The number of benzene rings is 1. The summed E-state index contributed by atoms with van der Waals surface area (Å²) in [6, 6.07) is 4.72. The monoisotopic (exact) mass is 179 g/mol. The van der Waals surface area contributed by atoms with E-state index in [1.807, 2.05) is 0 Å². The highest BCUT2D eigenvalue weighted by molar-refractivity contribution is 5.88. The van der Waals surface area contributed by atoms with Gasteiger partial charge in [0.15, 0.2) is 0 Å². The van der Waals surface area contributed by atoms with Crippen molar-refractivity contribution in [2.75, 3.05) is 0 Å². The second kappa shape index (κ2) is 2.83. The molecule has 0 spiro atoms. The number of fused-ring (bicyclic) bond motifs is 1. The van der Waals surface area contributed by atoms with Gasteiger partial charge in [-0.25, -0.2) is 4.79 Å². The van der Waals surface area contributed by atoms with E-state index in [-0.39, 0.29) is 5.56 Å². The Labute approximate surface area is 74.8 Å². The molecule has 1 aliphatic rings. The summed E-state index contributed by atoms with van der Waals surface area (Å²) in [6.07, 6.45) is -0.655. The number of aliphatic hydroxyl groups excluding tert-OH is 1. The lowest BCUT2D eigenvalue weighted by Crippen LogP contribution is -2.09. The summed E-state index contributed by atoms with van der Waals surface area (Å²) in [5.41, 5.74) is 1.88. The molecule has 0 saturated heterocycles. The van der Waals surface area contributed by atoms with E-state index in [9.17, 15) is 9.90 Å². The minimum absolute atomic E-state index is 0.259. The summed E-state index contributed by atoms with van der Waals surface area (Å²) in [7, 11) is 0. The van der Waals surface area contributed by atoms with E-state index in [1.54, 1.807) is 12.1 Å². The Morgan fingerprint density at radius 2 is 2.31 bits per heavy atom. The number of carboxylic acid groups (broad SMARTS) is 1. The van der Waals surface area contributed by atoms with Crippen LogP contribution >= 0.6 is 0 Å². The summed E-state index contributed by atoms with van der Waals surface area (Å²) in [5, 5.41) is 20.9. The molecule has 1 heterocycles. The van der Waals surface area contributed by atoms with Gasteiger partial charge in [0.05, 0.1) is 5.56 Å². The average Bonchev–Trinajstić information content (AvgIpc) is 2.47. The lowest BCUT2D eigenvalue weighted by Gasteiger charge is -2.02. The van der Waals surface area contributed by atoms with Crippen molar-refractivity contribution in [2.24, 2.45) is 0 Å². The largest absolute Gasteiger partial charge is 0.478 e. The molecule has 1 aliphatic heterocycles. The van der Waals surface area contributed by atoms with Crippen molar-refractivity contribution in [1.29, 1.82) is 0 Å². The van der Waals surface area contributed by atoms with Gasteiger partial charge < -0.3 is 10.2 Å². The molecule has 1 unspecified atom stereocenters. The fourth-order valence-electron chi connectivity index (χ4n) is 1.48. The average molecular weight is 179 g/mol. The van der Waals surface area contributed by atoms with Gasteiger partial charge in [-0.05, 0) is 23.3 Å². The van der Waals surface area contributed by atoms with E-state index in [2.05, 4.69) is 5.32 Å². The Balaban J connectivity index is 2.45. The summed E-state index contributed by atoms with van der Waals surface area (Å²) in [5.74, 6) is -0.941. The van der Waals surface area contributed by atoms with Gasteiger partial charge in [0.1, 0.15) is 6.23 Å². The number of hydrogen-bond donors (Lipinski definition) is 3. The zero-order valence-electron chi connectivity index (χ0n) is 6.82. The first kappa shape index (κ1) is 8.22. The molecular weight excluding hydrogens is 170 g/mol. The van der Waals surface area contributed by atoms with Crippen LogP contribution in [0.4, 0.5) is 0 Å². The van der Waals surface area contributed by atoms with Crippen LogP contribution in [0.5, 0.6) is 0 Å². The third kappa shape index (κ3) is 1.30. The maximum Gasteiger partial charge on any atom is 0.335 e. The Bertz CT molecular complexity index is 362. The van der Waals surface area contributed by atoms with Crippen molar-refractivity contribution < 1.29 is 15.0 Å². The van der Waals surface area contributed by atoms with Crippen LogP contribution in [0.25, 0.3) is 0 Å². The second-order valence-electron chi connectivity index (χ2n) is 3.00. The van der Waals surface area contributed by atoms with Crippen LogP contribution in [0.3, 0.4) is 0 Å². The molecule has 4 heteroatoms. The molecule has 0 aromatic heterocycles. The highest BCUT2D eigenvalue weighted by atomic mass is 16.4. The first-order valence-corrected chi connectivity index (χ1v) is 3.96. The normalized spacial score (nSPS) is 19.9. The molecule has 13 heavy (non-hydrogen) atoms. The van der Waals surface area contributed by atoms with Crippen LogP contribution in [0.15, 0.2) is 18.2 Å². The molecular formula is C9H9NO3. The number of carbonyl (C=O) groups is 1. The molecule has 0 amide bonds. The van der Waals surface area contributed by atoms with Gasteiger partial charge in [-0.2, -0.15) is 0 Å². The Morgan fingerprint density at radius 3 is 3.00 bits per heavy atom. The van der Waals surface area contributed by atoms with E-state index >= 15 is 0 Å². The SMILES string of the molecule is O=C(O)c1ccc2c(c1)CNC2O. The van der Waals surface area contributed by atoms with Crippen LogP contribution < -0.4 is 5.32 Å². The van der Waals surface area contributed by atoms with Gasteiger partial charge in [0.25, 0.3) is 0 Å². The predicted octanol–water partition coefficient (Wildman–Crippen LogP) is 0.479. The molecule has 0 bridgehead atoms. The topological polar surface area (TPSA) is 69.6 Å². The zero-order chi connectivity index (χ0) is 9.42. The minimum atomic E-state index is -0.941. The third-order valence-electron chi connectivity index (χ3n) is 2.17. The Hall–Kier alpha value is -1.39. The van der Waals surface area contributed by atoms with E-state index in [1.165, 1.54) is 6.07 Å². The zero-order valence-corrected chi connectivity index (χ0v) is 6.82. The maximum absolute atomic E-state index is 10.6.